The molecule has 96 valence electrons. The molecule has 0 saturated heterocycles. The maximum absolute atomic E-state index is 6.05. The minimum Gasteiger partial charge on any atom is -0.382 e. The predicted octanol–water partition coefficient (Wildman–Crippen LogP) is 2.28. The van der Waals surface area contributed by atoms with E-state index in [0.29, 0.717) is 5.82 Å². The summed E-state index contributed by atoms with van der Waals surface area (Å²) >= 11 is 0. The normalized spacial score (nSPS) is 12.6. The van der Waals surface area contributed by atoms with Gasteiger partial charge in [0.1, 0.15) is 11.6 Å². The third-order valence-electron chi connectivity index (χ3n) is 3.23. The van der Waals surface area contributed by atoms with Crippen LogP contribution in [0.25, 0.3) is 0 Å². The van der Waals surface area contributed by atoms with Crippen molar-refractivity contribution in [2.24, 2.45) is 0 Å². The number of nitrogens with two attached hydrogens (primary N) is 2. The van der Waals surface area contributed by atoms with Crippen LogP contribution in [0.5, 0.6) is 0 Å². The molecular weight excluding hydrogens is 224 g/mol. The maximum Gasteiger partial charge on any atom is 0.146 e. The lowest BCUT2D eigenvalue weighted by Crippen LogP contribution is -2.15. The lowest BCUT2D eigenvalue weighted by molar-refractivity contribution is 0.788. The van der Waals surface area contributed by atoms with Crippen molar-refractivity contribution in [3.05, 3.63) is 47.4 Å². The Hall–Kier alpha value is -1.97. The highest BCUT2D eigenvalue weighted by Crippen LogP contribution is 2.27. The van der Waals surface area contributed by atoms with E-state index in [1.165, 1.54) is 10.2 Å². The van der Waals surface area contributed by atoms with Gasteiger partial charge in [-0.05, 0) is 12.0 Å². The number of rotatable bonds is 4. The molecule has 4 heteroatoms. The fourth-order valence-electron chi connectivity index (χ4n) is 2.13. The van der Waals surface area contributed by atoms with Crippen LogP contribution in [0.1, 0.15) is 43.3 Å². The van der Waals surface area contributed by atoms with Gasteiger partial charge < -0.3 is 11.6 Å². The molecule has 1 unspecified atom stereocenters. The molecular formula is C14H20N4. The summed E-state index contributed by atoms with van der Waals surface area (Å²) < 4.78 is 1.51. The lowest BCUT2D eigenvalue weighted by Gasteiger charge is -2.10. The van der Waals surface area contributed by atoms with E-state index in [4.69, 9.17) is 11.6 Å². The number of nitrogen functional groups attached to an aromatic ring is 2. The molecule has 0 amide bonds. The third-order valence-corrected chi connectivity index (χ3v) is 3.23. The van der Waals surface area contributed by atoms with E-state index in [9.17, 15) is 0 Å². The van der Waals surface area contributed by atoms with Gasteiger partial charge >= 0.3 is 0 Å². The molecule has 0 saturated carbocycles. The Morgan fingerprint density at radius 3 is 2.56 bits per heavy atom. The fraction of sp³-hybridized carbons (Fsp3) is 0.357. The summed E-state index contributed by atoms with van der Waals surface area (Å²) in [5.74, 6) is 7.51. The molecule has 2 aromatic rings. The molecule has 1 aromatic carbocycles. The molecule has 0 fully saturated rings. The lowest BCUT2D eigenvalue weighted by atomic mass is 9.98. The van der Waals surface area contributed by atoms with Crippen molar-refractivity contribution < 1.29 is 0 Å². The highest BCUT2D eigenvalue weighted by atomic mass is 15.4. The smallest absolute Gasteiger partial charge is 0.146 e. The van der Waals surface area contributed by atoms with E-state index < -0.39 is 0 Å². The summed E-state index contributed by atoms with van der Waals surface area (Å²) in [7, 11) is 0. The van der Waals surface area contributed by atoms with Gasteiger partial charge in [0.25, 0.3) is 0 Å². The largest absolute Gasteiger partial charge is 0.382 e. The van der Waals surface area contributed by atoms with Crippen molar-refractivity contribution in [3.8, 4) is 0 Å². The van der Waals surface area contributed by atoms with Crippen LogP contribution >= 0.6 is 0 Å². The second kappa shape index (κ2) is 5.12. The molecule has 0 aliphatic heterocycles. The number of benzene rings is 1. The van der Waals surface area contributed by atoms with E-state index >= 15 is 0 Å². The fourth-order valence-corrected chi connectivity index (χ4v) is 2.13. The number of aryl methyl sites for hydroxylation is 1. The molecule has 1 aromatic heterocycles. The Morgan fingerprint density at radius 2 is 1.94 bits per heavy atom. The van der Waals surface area contributed by atoms with Crippen molar-refractivity contribution >= 4 is 5.82 Å². The van der Waals surface area contributed by atoms with Crippen molar-refractivity contribution in [2.45, 2.75) is 32.6 Å². The van der Waals surface area contributed by atoms with Crippen molar-refractivity contribution in [3.63, 3.8) is 0 Å². The zero-order chi connectivity index (χ0) is 13.1. The number of hydrogen-bond acceptors (Lipinski definition) is 3. The topological polar surface area (TPSA) is 69.9 Å². The van der Waals surface area contributed by atoms with Gasteiger partial charge in [-0.1, -0.05) is 44.2 Å². The Labute approximate surface area is 108 Å². The molecule has 0 radical (unpaired) electrons. The monoisotopic (exact) mass is 244 g/mol. The van der Waals surface area contributed by atoms with E-state index in [1.807, 2.05) is 18.2 Å². The average Bonchev–Trinajstić information content (AvgIpc) is 2.68. The number of nitrogens with zero attached hydrogens (tertiary/aromatic N) is 2. The van der Waals surface area contributed by atoms with Crippen LogP contribution in [0, 0.1) is 0 Å². The van der Waals surface area contributed by atoms with Gasteiger partial charge in [0, 0.05) is 12.3 Å². The molecule has 1 atom stereocenters. The first kappa shape index (κ1) is 12.5. The van der Waals surface area contributed by atoms with Crippen LogP contribution in [0.4, 0.5) is 5.82 Å². The second-order valence-corrected chi connectivity index (χ2v) is 4.55. The van der Waals surface area contributed by atoms with E-state index in [2.05, 4.69) is 31.0 Å². The Balaban J connectivity index is 2.36. The Kier molecular flexibility index (Phi) is 3.55. The van der Waals surface area contributed by atoms with Crippen LogP contribution in [0.15, 0.2) is 30.3 Å². The van der Waals surface area contributed by atoms with Gasteiger partial charge in [-0.2, -0.15) is 0 Å². The molecule has 0 aliphatic carbocycles. The molecule has 4 nitrogen and oxygen atoms in total. The predicted molar refractivity (Wildman–Crippen MR) is 74.7 cm³/mol. The summed E-state index contributed by atoms with van der Waals surface area (Å²) in [4.78, 5) is 4.59. The zero-order valence-electron chi connectivity index (χ0n) is 10.9. The summed E-state index contributed by atoms with van der Waals surface area (Å²) in [6, 6.07) is 10.2. The zero-order valence-corrected chi connectivity index (χ0v) is 10.9. The quantitative estimate of drug-likeness (QED) is 0.811. The first-order valence-electron chi connectivity index (χ1n) is 6.32. The first-order chi connectivity index (χ1) is 8.65. The summed E-state index contributed by atoms with van der Waals surface area (Å²) in [5.41, 5.74) is 8.11. The highest BCUT2D eigenvalue weighted by molar-refractivity contribution is 5.44. The number of aromatic nitrogens is 2. The molecule has 1 heterocycles. The Bertz CT molecular complexity index is 516. The van der Waals surface area contributed by atoms with Crippen LogP contribution in [0.2, 0.25) is 0 Å². The molecule has 4 N–H and O–H groups in total. The average molecular weight is 244 g/mol. The van der Waals surface area contributed by atoms with Gasteiger partial charge in [-0.3, -0.25) is 0 Å². The van der Waals surface area contributed by atoms with Gasteiger partial charge in [0.2, 0.25) is 0 Å². The molecule has 2 rings (SSSR count). The van der Waals surface area contributed by atoms with Crippen LogP contribution in [0.3, 0.4) is 0 Å². The highest BCUT2D eigenvalue weighted by Gasteiger charge is 2.18. The molecule has 0 aliphatic rings. The minimum atomic E-state index is 0.159. The van der Waals surface area contributed by atoms with Gasteiger partial charge in [0.05, 0.1) is 5.69 Å². The minimum absolute atomic E-state index is 0.159. The van der Waals surface area contributed by atoms with Crippen molar-refractivity contribution in [1.29, 1.82) is 0 Å². The first-order valence-corrected chi connectivity index (χ1v) is 6.32. The SMILES string of the molecule is CCCc1nc(C(C)c2ccccc2)c(N)n1N. The van der Waals surface area contributed by atoms with E-state index in [1.54, 1.807) is 0 Å². The molecule has 18 heavy (non-hydrogen) atoms. The maximum atomic E-state index is 6.05. The van der Waals surface area contributed by atoms with Gasteiger partial charge in [-0.15, -0.1) is 0 Å². The second-order valence-electron chi connectivity index (χ2n) is 4.55. The summed E-state index contributed by atoms with van der Waals surface area (Å²) in [5, 5.41) is 0. The standard InChI is InChI=1S/C14H20N4/c1-3-7-12-17-13(14(15)18(12)16)10(2)11-8-5-4-6-9-11/h4-6,8-10H,3,7,15-16H2,1-2H3. The summed E-state index contributed by atoms with van der Waals surface area (Å²) in [6.45, 7) is 4.20. The molecule has 0 spiro atoms. The number of hydrogen-bond donors (Lipinski definition) is 2. The third kappa shape index (κ3) is 2.18. The van der Waals surface area contributed by atoms with E-state index in [-0.39, 0.29) is 5.92 Å². The van der Waals surface area contributed by atoms with E-state index in [0.717, 1.165) is 24.4 Å². The summed E-state index contributed by atoms with van der Waals surface area (Å²) in [6.07, 6.45) is 1.86. The van der Waals surface area contributed by atoms with Gasteiger partial charge in [0.15, 0.2) is 0 Å². The number of imidazole rings is 1. The number of anilines is 1. The molecule has 0 bridgehead atoms. The van der Waals surface area contributed by atoms with Crippen molar-refractivity contribution in [1.82, 2.24) is 9.66 Å². The van der Waals surface area contributed by atoms with Crippen LogP contribution < -0.4 is 11.6 Å². The van der Waals surface area contributed by atoms with Gasteiger partial charge in [-0.25, -0.2) is 9.66 Å². The van der Waals surface area contributed by atoms with Crippen LogP contribution in [-0.4, -0.2) is 9.66 Å². The Morgan fingerprint density at radius 1 is 1.28 bits per heavy atom. The van der Waals surface area contributed by atoms with Crippen molar-refractivity contribution in [2.75, 3.05) is 11.6 Å². The van der Waals surface area contributed by atoms with Crippen LogP contribution in [-0.2, 0) is 6.42 Å².